The number of nitrogens with one attached hydrogen (secondary N) is 1. The number of amides is 1. The molecule has 0 aliphatic heterocycles. The van der Waals surface area contributed by atoms with Gasteiger partial charge in [-0.2, -0.15) is 0 Å². The monoisotopic (exact) mass is 156 g/mol. The molecular formula is C6H6NO2S. The van der Waals surface area contributed by atoms with E-state index in [0.717, 1.165) is 4.88 Å². The van der Waals surface area contributed by atoms with Gasteiger partial charge in [0.05, 0.1) is 0 Å². The Labute approximate surface area is 62.4 Å². The summed E-state index contributed by atoms with van der Waals surface area (Å²) in [6.07, 6.45) is -0.978. The number of carbonyl (C=O) groups is 1. The van der Waals surface area contributed by atoms with Gasteiger partial charge in [0.1, 0.15) is 6.61 Å². The Bertz CT molecular complexity index is 208. The third kappa shape index (κ3) is 2.06. The summed E-state index contributed by atoms with van der Waals surface area (Å²) in [5.41, 5.74) is 6.42. The van der Waals surface area contributed by atoms with Crippen molar-refractivity contribution in [2.24, 2.45) is 0 Å². The van der Waals surface area contributed by atoms with Crippen LogP contribution in [-0.4, -0.2) is 6.09 Å². The van der Waals surface area contributed by atoms with E-state index < -0.39 is 6.09 Å². The van der Waals surface area contributed by atoms with Crippen LogP contribution >= 0.6 is 11.3 Å². The average molecular weight is 156 g/mol. The Morgan fingerprint density at radius 2 is 2.60 bits per heavy atom. The molecule has 1 aromatic rings. The van der Waals surface area contributed by atoms with Crippen molar-refractivity contribution in [3.8, 4) is 0 Å². The van der Waals surface area contributed by atoms with E-state index in [1.165, 1.54) is 11.3 Å². The van der Waals surface area contributed by atoms with Crippen molar-refractivity contribution in [3.05, 3.63) is 22.4 Å². The highest BCUT2D eigenvalue weighted by Gasteiger charge is 1.96. The van der Waals surface area contributed by atoms with Gasteiger partial charge in [-0.25, -0.2) is 10.5 Å². The summed E-state index contributed by atoms with van der Waals surface area (Å²) in [4.78, 5) is 10.9. The van der Waals surface area contributed by atoms with Crippen molar-refractivity contribution in [3.63, 3.8) is 0 Å². The molecule has 1 N–H and O–H groups in total. The molecule has 0 atom stereocenters. The van der Waals surface area contributed by atoms with Crippen molar-refractivity contribution in [1.29, 1.82) is 0 Å². The van der Waals surface area contributed by atoms with Gasteiger partial charge in [0.2, 0.25) is 0 Å². The third-order valence-corrected chi connectivity index (χ3v) is 1.78. The molecule has 0 unspecified atom stereocenters. The van der Waals surface area contributed by atoms with Crippen LogP contribution < -0.4 is 5.73 Å². The van der Waals surface area contributed by atoms with Gasteiger partial charge in [0.15, 0.2) is 0 Å². The van der Waals surface area contributed by atoms with Gasteiger partial charge in [-0.3, -0.25) is 0 Å². The van der Waals surface area contributed by atoms with Crippen molar-refractivity contribution < 1.29 is 9.53 Å². The predicted octanol–water partition coefficient (Wildman–Crippen LogP) is 1.67. The van der Waals surface area contributed by atoms with E-state index in [1.54, 1.807) is 0 Å². The van der Waals surface area contributed by atoms with Crippen molar-refractivity contribution in [2.75, 3.05) is 0 Å². The fourth-order valence-corrected chi connectivity index (χ4v) is 1.15. The third-order valence-electron chi connectivity index (χ3n) is 0.926. The fraction of sp³-hybridized carbons (Fsp3) is 0.167. The highest BCUT2D eigenvalue weighted by Crippen LogP contribution is 2.08. The lowest BCUT2D eigenvalue weighted by molar-refractivity contribution is 0.149. The maximum atomic E-state index is 9.99. The number of carbonyl (C=O) groups excluding carboxylic acids is 1. The molecule has 0 aliphatic carbocycles. The van der Waals surface area contributed by atoms with E-state index in [9.17, 15) is 4.79 Å². The Morgan fingerprint density at radius 1 is 1.80 bits per heavy atom. The molecule has 0 bridgehead atoms. The molecule has 0 fully saturated rings. The van der Waals surface area contributed by atoms with Crippen LogP contribution in [0.2, 0.25) is 0 Å². The van der Waals surface area contributed by atoms with Crippen LogP contribution in [0.15, 0.2) is 17.5 Å². The minimum absolute atomic E-state index is 0.222. The standard InChI is InChI=1S/C6H6NO2S/c7-6(8)9-4-5-2-1-3-10-5/h1-3,7H,4H2. The summed E-state index contributed by atoms with van der Waals surface area (Å²) >= 11 is 1.50. The molecule has 1 heterocycles. The van der Waals surface area contributed by atoms with E-state index >= 15 is 0 Å². The van der Waals surface area contributed by atoms with Crippen molar-refractivity contribution >= 4 is 17.4 Å². The fourth-order valence-electron chi connectivity index (χ4n) is 0.531. The SMILES string of the molecule is [NH]C(=O)OCc1cccs1. The number of hydrogen-bond donors (Lipinski definition) is 0. The summed E-state index contributed by atoms with van der Waals surface area (Å²) in [6.45, 7) is 0.222. The smallest absolute Gasteiger partial charge is 0.426 e. The van der Waals surface area contributed by atoms with Crippen molar-refractivity contribution in [2.45, 2.75) is 6.61 Å². The molecule has 0 spiro atoms. The zero-order chi connectivity index (χ0) is 7.40. The Balaban J connectivity index is 2.35. The van der Waals surface area contributed by atoms with Gasteiger partial charge >= 0.3 is 6.09 Å². The first-order valence-corrected chi connectivity index (χ1v) is 3.58. The summed E-state index contributed by atoms with van der Waals surface area (Å²) in [7, 11) is 0. The molecule has 1 aromatic heterocycles. The quantitative estimate of drug-likeness (QED) is 0.653. The minimum Gasteiger partial charge on any atom is -0.443 e. The van der Waals surface area contributed by atoms with Crippen LogP contribution in [0.5, 0.6) is 0 Å². The molecule has 0 saturated carbocycles. The molecule has 1 radical (unpaired) electrons. The molecule has 0 saturated heterocycles. The van der Waals surface area contributed by atoms with Gasteiger partial charge in [-0.15, -0.1) is 11.3 Å². The number of rotatable bonds is 2. The van der Waals surface area contributed by atoms with Gasteiger partial charge in [0.25, 0.3) is 0 Å². The topological polar surface area (TPSA) is 50.1 Å². The zero-order valence-corrected chi connectivity index (χ0v) is 5.98. The molecule has 0 aromatic carbocycles. The summed E-state index contributed by atoms with van der Waals surface area (Å²) in [5, 5.41) is 1.90. The molecule has 4 heteroatoms. The first-order chi connectivity index (χ1) is 4.79. The van der Waals surface area contributed by atoms with Gasteiger partial charge in [0, 0.05) is 4.88 Å². The average Bonchev–Trinajstić information content (AvgIpc) is 2.34. The molecular weight excluding hydrogens is 150 g/mol. The first kappa shape index (κ1) is 7.08. The maximum Gasteiger partial charge on any atom is 0.426 e. The molecule has 0 aliphatic rings. The summed E-state index contributed by atoms with van der Waals surface area (Å²) in [6, 6.07) is 3.73. The van der Waals surface area contributed by atoms with Crippen LogP contribution in [0.25, 0.3) is 0 Å². The van der Waals surface area contributed by atoms with E-state index in [1.807, 2.05) is 17.5 Å². The molecule has 3 nitrogen and oxygen atoms in total. The number of thiophene rings is 1. The molecule has 53 valence electrons. The van der Waals surface area contributed by atoms with Gasteiger partial charge < -0.3 is 4.74 Å². The van der Waals surface area contributed by atoms with Gasteiger partial charge in [-0.05, 0) is 11.4 Å². The summed E-state index contributed by atoms with van der Waals surface area (Å²) in [5.74, 6) is 0. The van der Waals surface area contributed by atoms with Crippen LogP contribution in [-0.2, 0) is 11.3 Å². The minimum atomic E-state index is -0.978. The highest BCUT2D eigenvalue weighted by atomic mass is 32.1. The number of ether oxygens (including phenoxy) is 1. The Hall–Kier alpha value is -1.03. The zero-order valence-electron chi connectivity index (χ0n) is 5.16. The second kappa shape index (κ2) is 3.22. The maximum absolute atomic E-state index is 9.99. The van der Waals surface area contributed by atoms with Crippen LogP contribution in [0.4, 0.5) is 4.79 Å². The van der Waals surface area contributed by atoms with Crippen molar-refractivity contribution in [1.82, 2.24) is 5.73 Å². The second-order valence-electron chi connectivity index (χ2n) is 1.66. The Morgan fingerprint density at radius 3 is 3.10 bits per heavy atom. The molecule has 10 heavy (non-hydrogen) atoms. The molecule has 1 rings (SSSR count). The normalized spacial score (nSPS) is 9.20. The molecule has 1 amide bonds. The predicted molar refractivity (Wildman–Crippen MR) is 37.6 cm³/mol. The van der Waals surface area contributed by atoms with Crippen LogP contribution in [0.3, 0.4) is 0 Å². The van der Waals surface area contributed by atoms with E-state index in [0.29, 0.717) is 0 Å². The van der Waals surface area contributed by atoms with Gasteiger partial charge in [-0.1, -0.05) is 6.07 Å². The van der Waals surface area contributed by atoms with Crippen LogP contribution in [0.1, 0.15) is 4.88 Å². The lowest BCUT2D eigenvalue weighted by atomic mass is 10.5. The van der Waals surface area contributed by atoms with E-state index in [-0.39, 0.29) is 6.61 Å². The first-order valence-electron chi connectivity index (χ1n) is 2.70. The Kier molecular flexibility index (Phi) is 2.28. The van der Waals surface area contributed by atoms with E-state index in [4.69, 9.17) is 5.73 Å². The summed E-state index contributed by atoms with van der Waals surface area (Å²) < 4.78 is 4.42. The number of hydrogen-bond acceptors (Lipinski definition) is 3. The largest absolute Gasteiger partial charge is 0.443 e. The lowest BCUT2D eigenvalue weighted by Gasteiger charge is -1.94. The highest BCUT2D eigenvalue weighted by molar-refractivity contribution is 7.09. The lowest BCUT2D eigenvalue weighted by Crippen LogP contribution is -2.00. The van der Waals surface area contributed by atoms with E-state index in [2.05, 4.69) is 4.74 Å². The van der Waals surface area contributed by atoms with Crippen LogP contribution in [0, 0.1) is 0 Å². The second-order valence-corrected chi connectivity index (χ2v) is 2.69.